The fourth-order valence-corrected chi connectivity index (χ4v) is 1.00. The number of hydrogen-bond donors (Lipinski definition) is 2. The molecule has 1 aromatic rings. The lowest BCUT2D eigenvalue weighted by Gasteiger charge is -2.14. The van der Waals surface area contributed by atoms with Crippen LogP contribution in [-0.4, -0.2) is 39.4 Å². The molecule has 0 aromatic carbocycles. The minimum absolute atomic E-state index is 0.0777. The Kier molecular flexibility index (Phi) is 4.14. The molecule has 0 aliphatic heterocycles. The van der Waals surface area contributed by atoms with E-state index >= 15 is 0 Å². The lowest BCUT2D eigenvalue weighted by Crippen LogP contribution is -2.24. The number of aliphatic hydroxyl groups is 2. The minimum Gasteiger partial charge on any atom is -0.469 e. The van der Waals surface area contributed by atoms with Crippen molar-refractivity contribution < 1.29 is 19.7 Å². The Hall–Kier alpha value is -1.53. The second kappa shape index (κ2) is 5.38. The van der Waals surface area contributed by atoms with Gasteiger partial charge in [-0.25, -0.2) is 9.97 Å². The first-order valence-electron chi connectivity index (χ1n) is 4.35. The summed E-state index contributed by atoms with van der Waals surface area (Å²) in [6, 6.07) is 1.59. The van der Waals surface area contributed by atoms with E-state index in [-0.39, 0.29) is 12.2 Å². The molecule has 0 saturated heterocycles. The molecule has 0 amide bonds. The van der Waals surface area contributed by atoms with Crippen LogP contribution in [0.4, 0.5) is 0 Å². The summed E-state index contributed by atoms with van der Waals surface area (Å²) < 4.78 is 4.36. The Labute approximate surface area is 86.6 Å². The molecule has 82 valence electrons. The van der Waals surface area contributed by atoms with Crippen LogP contribution in [0.3, 0.4) is 0 Å². The predicted octanol–water partition coefficient (Wildman–Crippen LogP) is -0.566. The van der Waals surface area contributed by atoms with Crippen LogP contribution in [-0.2, 0) is 9.53 Å². The van der Waals surface area contributed by atoms with E-state index in [1.807, 2.05) is 0 Å². The van der Waals surface area contributed by atoms with Crippen LogP contribution in [0.15, 0.2) is 18.5 Å². The van der Waals surface area contributed by atoms with Crippen molar-refractivity contribution in [3.63, 3.8) is 0 Å². The standard InChI is InChI=1S/C9H12N2O4/c1-15-7(13)5-6(12)8(14)9-10-3-2-4-11-9/h2-4,6,8,12,14H,5H2,1H3. The lowest BCUT2D eigenvalue weighted by atomic mass is 10.1. The first kappa shape index (κ1) is 11.5. The summed E-state index contributed by atoms with van der Waals surface area (Å²) in [5.41, 5.74) is 0. The molecule has 0 radical (unpaired) electrons. The number of nitrogens with zero attached hydrogens (tertiary/aromatic N) is 2. The van der Waals surface area contributed by atoms with Crippen molar-refractivity contribution in [1.82, 2.24) is 9.97 Å². The number of aromatic nitrogens is 2. The van der Waals surface area contributed by atoms with Crippen molar-refractivity contribution in [2.24, 2.45) is 0 Å². The van der Waals surface area contributed by atoms with Crippen LogP contribution >= 0.6 is 0 Å². The van der Waals surface area contributed by atoms with Crippen molar-refractivity contribution in [3.05, 3.63) is 24.3 Å². The summed E-state index contributed by atoms with van der Waals surface area (Å²) >= 11 is 0. The average molecular weight is 212 g/mol. The summed E-state index contributed by atoms with van der Waals surface area (Å²) in [5, 5.41) is 19.0. The van der Waals surface area contributed by atoms with Crippen LogP contribution in [0.1, 0.15) is 18.3 Å². The van der Waals surface area contributed by atoms with E-state index in [4.69, 9.17) is 0 Å². The van der Waals surface area contributed by atoms with E-state index in [0.717, 1.165) is 0 Å². The number of hydrogen-bond acceptors (Lipinski definition) is 6. The van der Waals surface area contributed by atoms with Gasteiger partial charge in [0.15, 0.2) is 5.82 Å². The summed E-state index contributed by atoms with van der Waals surface area (Å²) in [4.78, 5) is 18.3. The van der Waals surface area contributed by atoms with Crippen LogP contribution in [0.2, 0.25) is 0 Å². The second-order valence-electron chi connectivity index (χ2n) is 2.90. The Balaban J connectivity index is 2.61. The third kappa shape index (κ3) is 3.26. The Morgan fingerprint density at radius 3 is 2.60 bits per heavy atom. The molecule has 1 aromatic heterocycles. The molecule has 2 atom stereocenters. The Morgan fingerprint density at radius 1 is 1.47 bits per heavy atom. The molecule has 0 saturated carbocycles. The number of ether oxygens (including phenoxy) is 1. The number of carbonyl (C=O) groups is 1. The van der Waals surface area contributed by atoms with Gasteiger partial charge >= 0.3 is 5.97 Å². The number of esters is 1. The second-order valence-corrected chi connectivity index (χ2v) is 2.90. The predicted molar refractivity (Wildman–Crippen MR) is 49.6 cm³/mol. The van der Waals surface area contributed by atoms with Crippen LogP contribution in [0.25, 0.3) is 0 Å². The summed E-state index contributed by atoms with van der Waals surface area (Å²) in [6.45, 7) is 0. The molecule has 0 spiro atoms. The molecule has 0 aliphatic rings. The van der Waals surface area contributed by atoms with Gasteiger partial charge in [-0.2, -0.15) is 0 Å². The molecule has 0 aliphatic carbocycles. The van der Waals surface area contributed by atoms with Crippen LogP contribution in [0, 0.1) is 0 Å². The van der Waals surface area contributed by atoms with Gasteiger partial charge in [0.1, 0.15) is 6.10 Å². The third-order valence-electron chi connectivity index (χ3n) is 1.82. The van der Waals surface area contributed by atoms with Gasteiger partial charge in [0.25, 0.3) is 0 Å². The van der Waals surface area contributed by atoms with Gasteiger partial charge in [-0.15, -0.1) is 0 Å². The van der Waals surface area contributed by atoms with E-state index in [9.17, 15) is 15.0 Å². The van der Waals surface area contributed by atoms with Gasteiger partial charge in [0, 0.05) is 12.4 Å². The SMILES string of the molecule is COC(=O)CC(O)C(O)c1ncccn1. The summed E-state index contributed by atoms with van der Waals surface area (Å²) in [5.74, 6) is -0.522. The molecule has 6 nitrogen and oxygen atoms in total. The zero-order valence-electron chi connectivity index (χ0n) is 8.20. The largest absolute Gasteiger partial charge is 0.469 e. The number of methoxy groups -OCH3 is 1. The highest BCUT2D eigenvalue weighted by atomic mass is 16.5. The van der Waals surface area contributed by atoms with Gasteiger partial charge in [-0.3, -0.25) is 4.79 Å². The maximum Gasteiger partial charge on any atom is 0.308 e. The lowest BCUT2D eigenvalue weighted by molar-refractivity contribution is -0.144. The summed E-state index contributed by atoms with van der Waals surface area (Å²) in [7, 11) is 1.21. The van der Waals surface area contributed by atoms with Crippen molar-refractivity contribution in [1.29, 1.82) is 0 Å². The molecule has 15 heavy (non-hydrogen) atoms. The maximum absolute atomic E-state index is 10.8. The molecular formula is C9H12N2O4. The Bertz CT molecular complexity index is 317. The van der Waals surface area contributed by atoms with Gasteiger partial charge in [-0.05, 0) is 6.07 Å². The molecule has 6 heteroatoms. The Morgan fingerprint density at radius 2 is 2.07 bits per heavy atom. The van der Waals surface area contributed by atoms with Crippen molar-refractivity contribution in [2.75, 3.05) is 7.11 Å². The molecule has 2 N–H and O–H groups in total. The maximum atomic E-state index is 10.8. The zero-order valence-corrected chi connectivity index (χ0v) is 8.20. The van der Waals surface area contributed by atoms with E-state index in [0.29, 0.717) is 0 Å². The fraction of sp³-hybridized carbons (Fsp3) is 0.444. The van der Waals surface area contributed by atoms with Gasteiger partial charge in [0.05, 0.1) is 19.6 Å². The first-order chi connectivity index (χ1) is 7.15. The quantitative estimate of drug-likeness (QED) is 0.649. The highest BCUT2D eigenvalue weighted by Gasteiger charge is 2.23. The van der Waals surface area contributed by atoms with Gasteiger partial charge in [0.2, 0.25) is 0 Å². The highest BCUT2D eigenvalue weighted by molar-refractivity contribution is 5.69. The number of aliphatic hydroxyl groups excluding tert-OH is 2. The van der Waals surface area contributed by atoms with Crippen molar-refractivity contribution >= 4 is 5.97 Å². The van der Waals surface area contributed by atoms with Crippen LogP contribution < -0.4 is 0 Å². The fourth-order valence-electron chi connectivity index (χ4n) is 1.00. The minimum atomic E-state index is -1.29. The van der Waals surface area contributed by atoms with Gasteiger partial charge in [-0.1, -0.05) is 0 Å². The molecule has 1 rings (SSSR count). The first-order valence-corrected chi connectivity index (χ1v) is 4.35. The van der Waals surface area contributed by atoms with Crippen LogP contribution in [0.5, 0.6) is 0 Å². The monoisotopic (exact) mass is 212 g/mol. The number of rotatable bonds is 4. The average Bonchev–Trinajstić information content (AvgIpc) is 2.29. The number of carbonyl (C=O) groups excluding carboxylic acids is 1. The molecule has 2 unspecified atom stereocenters. The normalized spacial score (nSPS) is 14.3. The highest BCUT2D eigenvalue weighted by Crippen LogP contribution is 2.14. The van der Waals surface area contributed by atoms with Crippen molar-refractivity contribution in [2.45, 2.75) is 18.6 Å². The summed E-state index contributed by atoms with van der Waals surface area (Å²) in [6.07, 6.45) is 0.0353. The van der Waals surface area contributed by atoms with E-state index in [2.05, 4.69) is 14.7 Å². The molecule has 0 bridgehead atoms. The molecular weight excluding hydrogens is 200 g/mol. The zero-order chi connectivity index (χ0) is 11.3. The molecule has 1 heterocycles. The van der Waals surface area contributed by atoms with E-state index < -0.39 is 18.2 Å². The topological polar surface area (TPSA) is 92.5 Å². The van der Waals surface area contributed by atoms with Crippen molar-refractivity contribution in [3.8, 4) is 0 Å². The third-order valence-corrected chi connectivity index (χ3v) is 1.82. The smallest absolute Gasteiger partial charge is 0.308 e. The van der Waals surface area contributed by atoms with E-state index in [1.165, 1.54) is 19.5 Å². The molecule has 0 fully saturated rings. The van der Waals surface area contributed by atoms with E-state index in [1.54, 1.807) is 6.07 Å². The van der Waals surface area contributed by atoms with Gasteiger partial charge < -0.3 is 14.9 Å².